The summed E-state index contributed by atoms with van der Waals surface area (Å²) in [4.78, 5) is 5.91. The lowest BCUT2D eigenvalue weighted by molar-refractivity contribution is 0.318. The second-order valence-corrected chi connectivity index (χ2v) is 9.71. The maximum absolute atomic E-state index is 14.7. The molecule has 7 rings (SSSR count). The molecule has 1 aliphatic heterocycles. The van der Waals surface area contributed by atoms with Gasteiger partial charge in [-0.2, -0.15) is 0 Å². The van der Waals surface area contributed by atoms with Crippen LogP contribution in [0.5, 0.6) is 5.75 Å². The molecule has 0 radical (unpaired) electrons. The zero-order chi connectivity index (χ0) is 21.4. The minimum atomic E-state index is -0.219. The first-order valence-electron chi connectivity index (χ1n) is 10.6. The van der Waals surface area contributed by atoms with Crippen molar-refractivity contribution in [2.24, 2.45) is 0 Å². The van der Waals surface area contributed by atoms with Gasteiger partial charge in [0.25, 0.3) is 0 Å². The third kappa shape index (κ3) is 2.65. The lowest BCUT2D eigenvalue weighted by Crippen LogP contribution is -2.10. The van der Waals surface area contributed by atoms with E-state index in [-0.39, 0.29) is 11.9 Å². The van der Waals surface area contributed by atoms with Crippen molar-refractivity contribution in [3.8, 4) is 16.9 Å². The zero-order valence-corrected chi connectivity index (χ0v) is 18.0. The van der Waals surface area contributed by atoms with Crippen molar-refractivity contribution in [3.05, 3.63) is 70.7 Å². The van der Waals surface area contributed by atoms with E-state index in [0.717, 1.165) is 28.9 Å². The Bertz CT molecular complexity index is 1540. The average molecular weight is 444 g/mol. The molecule has 0 bridgehead atoms. The lowest BCUT2D eigenvalue weighted by atomic mass is 10.0. The van der Waals surface area contributed by atoms with Crippen LogP contribution in [-0.4, -0.2) is 25.7 Å². The Morgan fingerprint density at radius 2 is 2.19 bits per heavy atom. The van der Waals surface area contributed by atoms with E-state index < -0.39 is 0 Å². The highest BCUT2D eigenvalue weighted by molar-refractivity contribution is 7.19. The van der Waals surface area contributed by atoms with E-state index >= 15 is 0 Å². The molecule has 2 aromatic carbocycles. The summed E-state index contributed by atoms with van der Waals surface area (Å²) in [6.45, 7) is 2.44. The van der Waals surface area contributed by atoms with Gasteiger partial charge < -0.3 is 10.1 Å². The number of hydrogen-bond donors (Lipinski definition) is 1. The van der Waals surface area contributed by atoms with Gasteiger partial charge in [0.1, 0.15) is 24.0 Å². The van der Waals surface area contributed by atoms with Crippen LogP contribution in [0.4, 0.5) is 10.3 Å². The van der Waals surface area contributed by atoms with Gasteiger partial charge in [-0.05, 0) is 54.6 Å². The van der Waals surface area contributed by atoms with Gasteiger partial charge in [0.2, 0.25) is 5.95 Å². The number of hydrogen-bond acceptors (Lipinski definition) is 6. The van der Waals surface area contributed by atoms with Crippen molar-refractivity contribution in [3.63, 3.8) is 0 Å². The lowest BCUT2D eigenvalue weighted by Gasteiger charge is -2.14. The standard InChI is InChI=1S/C24H18FN5OS/c1-12-6-14-7-13(2-5-21(14)32-12)16-9-26-24(30-11-28-29-23(16)30)27-10-17-18(25)3-4-19-22(17)15-8-20(15)31-19/h2-7,9,11,15,20H,8,10H2,1H3,(H,26,27)/t15-,20+/m0/s1. The molecule has 4 heterocycles. The van der Waals surface area contributed by atoms with Gasteiger partial charge in [0, 0.05) is 44.9 Å². The number of halogens is 1. The summed E-state index contributed by atoms with van der Waals surface area (Å²) in [5.74, 6) is 1.48. The van der Waals surface area contributed by atoms with Gasteiger partial charge in [0.05, 0.1) is 0 Å². The molecule has 3 aromatic heterocycles. The fourth-order valence-corrected chi connectivity index (χ4v) is 5.64. The van der Waals surface area contributed by atoms with Crippen LogP contribution in [0.15, 0.2) is 48.9 Å². The predicted molar refractivity (Wildman–Crippen MR) is 122 cm³/mol. The smallest absolute Gasteiger partial charge is 0.210 e. The van der Waals surface area contributed by atoms with Gasteiger partial charge in [-0.25, -0.2) is 9.37 Å². The molecule has 1 N–H and O–H groups in total. The van der Waals surface area contributed by atoms with Crippen LogP contribution in [0, 0.1) is 12.7 Å². The van der Waals surface area contributed by atoms with E-state index in [4.69, 9.17) is 4.74 Å². The molecule has 1 saturated carbocycles. The number of benzene rings is 2. The number of aromatic nitrogens is 4. The molecule has 32 heavy (non-hydrogen) atoms. The van der Waals surface area contributed by atoms with Gasteiger partial charge >= 0.3 is 0 Å². The van der Waals surface area contributed by atoms with E-state index in [0.29, 0.717) is 29.6 Å². The van der Waals surface area contributed by atoms with Crippen LogP contribution < -0.4 is 10.1 Å². The Morgan fingerprint density at radius 1 is 1.25 bits per heavy atom. The molecule has 1 aliphatic carbocycles. The van der Waals surface area contributed by atoms with Gasteiger partial charge in [-0.3, -0.25) is 4.40 Å². The minimum Gasteiger partial charge on any atom is -0.489 e. The Balaban J connectivity index is 1.25. The van der Waals surface area contributed by atoms with E-state index in [1.54, 1.807) is 29.9 Å². The monoisotopic (exact) mass is 443 g/mol. The largest absolute Gasteiger partial charge is 0.489 e. The first kappa shape index (κ1) is 18.1. The Labute approximate surface area is 186 Å². The molecule has 0 unspecified atom stereocenters. The molecule has 2 atom stereocenters. The number of nitrogens with one attached hydrogen (secondary N) is 1. The minimum absolute atomic E-state index is 0.219. The fraction of sp³-hybridized carbons (Fsp3) is 0.208. The second kappa shape index (κ2) is 6.49. The van der Waals surface area contributed by atoms with Crippen molar-refractivity contribution < 1.29 is 9.13 Å². The summed E-state index contributed by atoms with van der Waals surface area (Å²) in [6, 6.07) is 11.8. The number of nitrogens with zero attached hydrogens (tertiary/aromatic N) is 4. The number of thiophene rings is 1. The van der Waals surface area contributed by atoms with E-state index in [1.807, 2.05) is 4.40 Å². The van der Waals surface area contributed by atoms with Crippen LogP contribution in [0.1, 0.15) is 28.3 Å². The van der Waals surface area contributed by atoms with Crippen molar-refractivity contribution in [1.29, 1.82) is 0 Å². The Hall–Kier alpha value is -3.52. The maximum atomic E-state index is 14.7. The highest BCUT2D eigenvalue weighted by Crippen LogP contribution is 2.55. The van der Waals surface area contributed by atoms with E-state index in [2.05, 4.69) is 51.7 Å². The van der Waals surface area contributed by atoms with Crippen LogP contribution in [0.25, 0.3) is 26.9 Å². The van der Waals surface area contributed by atoms with Crippen molar-refractivity contribution >= 4 is 33.0 Å². The van der Waals surface area contributed by atoms with Crippen LogP contribution in [0.3, 0.4) is 0 Å². The summed E-state index contributed by atoms with van der Waals surface area (Å²) in [6.07, 6.45) is 4.63. The molecule has 0 amide bonds. The molecule has 8 heteroatoms. The molecule has 6 nitrogen and oxygen atoms in total. The number of fused-ring (bicyclic) bond motifs is 5. The fourth-order valence-electron chi connectivity index (χ4n) is 4.74. The molecular weight excluding hydrogens is 425 g/mol. The van der Waals surface area contributed by atoms with Crippen molar-refractivity contribution in [2.45, 2.75) is 31.9 Å². The zero-order valence-electron chi connectivity index (χ0n) is 17.2. The van der Waals surface area contributed by atoms with Crippen molar-refractivity contribution in [2.75, 3.05) is 5.32 Å². The first-order chi connectivity index (χ1) is 15.7. The summed E-state index contributed by atoms with van der Waals surface area (Å²) < 4.78 is 23.6. The molecule has 158 valence electrons. The topological polar surface area (TPSA) is 64.3 Å². The molecule has 5 aromatic rings. The van der Waals surface area contributed by atoms with Gasteiger partial charge in [-0.15, -0.1) is 21.5 Å². The van der Waals surface area contributed by atoms with Gasteiger partial charge in [0.15, 0.2) is 5.65 Å². The third-order valence-electron chi connectivity index (χ3n) is 6.35. The van der Waals surface area contributed by atoms with Crippen LogP contribution in [0.2, 0.25) is 0 Å². The number of rotatable bonds is 4. The molecular formula is C24H18FN5OS. The molecule has 0 spiro atoms. The van der Waals surface area contributed by atoms with Crippen LogP contribution >= 0.6 is 11.3 Å². The molecule has 1 fully saturated rings. The highest BCUT2D eigenvalue weighted by atomic mass is 32.1. The normalized spacial score (nSPS) is 18.6. The van der Waals surface area contributed by atoms with Crippen molar-refractivity contribution in [1.82, 2.24) is 19.6 Å². The number of anilines is 1. The highest BCUT2D eigenvalue weighted by Gasteiger charge is 2.49. The summed E-state index contributed by atoms with van der Waals surface area (Å²) in [7, 11) is 0. The first-order valence-corrected chi connectivity index (χ1v) is 11.4. The SMILES string of the molecule is Cc1cc2cc(-c3cnc(NCc4c(F)ccc5c4[C@H]4C[C@H]4O5)n4cnnc34)ccc2s1. The summed E-state index contributed by atoms with van der Waals surface area (Å²) in [5, 5.41) is 12.9. The van der Waals surface area contributed by atoms with Crippen LogP contribution in [-0.2, 0) is 6.54 Å². The molecule has 0 saturated heterocycles. The molecule has 2 aliphatic rings. The predicted octanol–water partition coefficient (Wildman–Crippen LogP) is 5.31. The summed E-state index contributed by atoms with van der Waals surface area (Å²) in [5.41, 5.74) is 4.30. The van der Waals surface area contributed by atoms with Gasteiger partial charge in [-0.1, -0.05) is 6.07 Å². The van der Waals surface area contributed by atoms with E-state index in [9.17, 15) is 4.39 Å². The third-order valence-corrected chi connectivity index (χ3v) is 7.38. The quantitative estimate of drug-likeness (QED) is 0.408. The Kier molecular flexibility index (Phi) is 3.67. The average Bonchev–Trinajstić information content (AvgIpc) is 3.13. The van der Waals surface area contributed by atoms with E-state index in [1.165, 1.54) is 21.0 Å². The maximum Gasteiger partial charge on any atom is 0.210 e. The second-order valence-electron chi connectivity index (χ2n) is 8.42. The number of aryl methyl sites for hydroxylation is 1. The number of ether oxygens (including phenoxy) is 1. The Morgan fingerprint density at radius 3 is 3.12 bits per heavy atom. The summed E-state index contributed by atoms with van der Waals surface area (Å²) >= 11 is 1.78.